The maximum atomic E-state index is 12.8. The van der Waals surface area contributed by atoms with Gasteiger partial charge in [-0.1, -0.05) is 12.1 Å². The van der Waals surface area contributed by atoms with E-state index < -0.39 is 17.7 Å². The number of aliphatic hydroxyl groups is 1. The molecule has 1 amide bonds. The number of hydrogen-bond donors (Lipinski definition) is 2. The number of aromatic hydroxyl groups is 1. The van der Waals surface area contributed by atoms with Crippen LogP contribution < -0.4 is 4.74 Å². The molecule has 0 aliphatic carbocycles. The van der Waals surface area contributed by atoms with Crippen LogP contribution in [0.5, 0.6) is 11.5 Å². The largest absolute Gasteiger partial charge is 0.508 e. The molecule has 0 spiro atoms. The SMILES string of the molecule is CCOc1ccc(/C(O)=C2\C(=O)C(=O)N(CCOC)[C@@H]2c2cccc(O)c2)cc1. The van der Waals surface area contributed by atoms with Crippen LogP contribution in [0.15, 0.2) is 54.1 Å². The number of phenolic OH excluding ortho intramolecular Hbond substituents is 1. The normalized spacial score (nSPS) is 18.3. The summed E-state index contributed by atoms with van der Waals surface area (Å²) in [7, 11) is 1.50. The molecule has 152 valence electrons. The summed E-state index contributed by atoms with van der Waals surface area (Å²) in [5.41, 5.74) is 0.886. The summed E-state index contributed by atoms with van der Waals surface area (Å²) in [5.74, 6) is -1.14. The number of hydrogen-bond acceptors (Lipinski definition) is 6. The number of carbonyl (C=O) groups excluding carboxylic acids is 2. The van der Waals surface area contributed by atoms with E-state index in [9.17, 15) is 19.8 Å². The van der Waals surface area contributed by atoms with Gasteiger partial charge in [-0.2, -0.15) is 0 Å². The van der Waals surface area contributed by atoms with Gasteiger partial charge >= 0.3 is 0 Å². The highest BCUT2D eigenvalue weighted by Gasteiger charge is 2.45. The molecule has 7 heteroatoms. The van der Waals surface area contributed by atoms with Crippen LogP contribution in [-0.4, -0.2) is 53.7 Å². The van der Waals surface area contributed by atoms with Gasteiger partial charge in [0, 0.05) is 19.2 Å². The van der Waals surface area contributed by atoms with Gasteiger partial charge in [0.05, 0.1) is 24.8 Å². The zero-order valence-electron chi connectivity index (χ0n) is 16.3. The highest BCUT2D eigenvalue weighted by atomic mass is 16.5. The topological polar surface area (TPSA) is 96.3 Å². The van der Waals surface area contributed by atoms with Crippen LogP contribution in [0.25, 0.3) is 5.76 Å². The first-order valence-corrected chi connectivity index (χ1v) is 9.27. The number of likely N-dealkylation sites (tertiary alicyclic amines) is 1. The molecule has 1 saturated heterocycles. The Labute approximate surface area is 168 Å². The van der Waals surface area contributed by atoms with Crippen molar-refractivity contribution < 1.29 is 29.3 Å². The Kier molecular flexibility index (Phi) is 6.19. The van der Waals surface area contributed by atoms with Crippen molar-refractivity contribution in [2.45, 2.75) is 13.0 Å². The molecular formula is C22H23NO6. The highest BCUT2D eigenvalue weighted by Crippen LogP contribution is 2.40. The molecule has 1 aliphatic rings. The fraction of sp³-hybridized carbons (Fsp3) is 0.273. The molecule has 1 heterocycles. The quantitative estimate of drug-likeness (QED) is 0.424. The fourth-order valence-corrected chi connectivity index (χ4v) is 3.37. The standard InChI is InChI=1S/C22H23NO6/c1-3-29-17-9-7-14(8-10-17)20(25)18-19(15-5-4-6-16(24)13-15)23(11-12-28-2)22(27)21(18)26/h4-10,13,19,24-25H,3,11-12H2,1-2H3/b20-18+/t19-/m1/s1. The van der Waals surface area contributed by atoms with E-state index in [1.165, 1.54) is 24.1 Å². The van der Waals surface area contributed by atoms with Crippen molar-refractivity contribution >= 4 is 17.4 Å². The lowest BCUT2D eigenvalue weighted by molar-refractivity contribution is -0.140. The second-order valence-electron chi connectivity index (χ2n) is 6.54. The van der Waals surface area contributed by atoms with Gasteiger partial charge in [0.2, 0.25) is 0 Å². The van der Waals surface area contributed by atoms with Crippen LogP contribution in [0.4, 0.5) is 0 Å². The predicted molar refractivity (Wildman–Crippen MR) is 107 cm³/mol. The number of nitrogens with zero attached hydrogens (tertiary/aromatic N) is 1. The maximum absolute atomic E-state index is 12.8. The first-order valence-electron chi connectivity index (χ1n) is 9.27. The van der Waals surface area contributed by atoms with Gasteiger partial charge in [-0.15, -0.1) is 0 Å². The number of rotatable bonds is 7. The van der Waals surface area contributed by atoms with Crippen molar-refractivity contribution in [3.05, 3.63) is 65.2 Å². The molecule has 2 aromatic carbocycles. The molecule has 3 rings (SSSR count). The Balaban J connectivity index is 2.10. The Morgan fingerprint density at radius 3 is 2.48 bits per heavy atom. The average Bonchev–Trinajstić information content (AvgIpc) is 2.97. The maximum Gasteiger partial charge on any atom is 0.295 e. The van der Waals surface area contributed by atoms with E-state index in [0.29, 0.717) is 23.5 Å². The summed E-state index contributed by atoms with van der Waals surface area (Å²) in [6, 6.07) is 12.1. The van der Waals surface area contributed by atoms with Crippen LogP contribution in [0, 0.1) is 0 Å². The minimum atomic E-state index is -0.830. The molecular weight excluding hydrogens is 374 g/mol. The van der Waals surface area contributed by atoms with E-state index >= 15 is 0 Å². The number of phenols is 1. The van der Waals surface area contributed by atoms with Gasteiger partial charge in [-0.05, 0) is 48.9 Å². The Hall–Kier alpha value is -3.32. The van der Waals surface area contributed by atoms with Crippen LogP contribution in [-0.2, 0) is 14.3 Å². The predicted octanol–water partition coefficient (Wildman–Crippen LogP) is 2.86. The third-order valence-corrected chi connectivity index (χ3v) is 4.70. The van der Waals surface area contributed by atoms with Crippen molar-refractivity contribution in [3.8, 4) is 11.5 Å². The molecule has 1 atom stereocenters. The van der Waals surface area contributed by atoms with Crippen molar-refractivity contribution in [3.63, 3.8) is 0 Å². The molecule has 0 bridgehead atoms. The number of ether oxygens (including phenoxy) is 2. The fourth-order valence-electron chi connectivity index (χ4n) is 3.37. The molecule has 2 N–H and O–H groups in total. The lowest BCUT2D eigenvalue weighted by atomic mass is 9.95. The smallest absolute Gasteiger partial charge is 0.295 e. The third-order valence-electron chi connectivity index (χ3n) is 4.70. The number of aliphatic hydroxyl groups excluding tert-OH is 1. The van der Waals surface area contributed by atoms with E-state index in [2.05, 4.69) is 0 Å². The number of carbonyl (C=O) groups is 2. The Bertz CT molecular complexity index is 935. The highest BCUT2D eigenvalue weighted by molar-refractivity contribution is 6.46. The lowest BCUT2D eigenvalue weighted by Crippen LogP contribution is -2.32. The molecule has 1 fully saturated rings. The zero-order chi connectivity index (χ0) is 21.0. The Morgan fingerprint density at radius 1 is 1.14 bits per heavy atom. The van der Waals surface area contributed by atoms with Crippen molar-refractivity contribution in [1.29, 1.82) is 0 Å². The van der Waals surface area contributed by atoms with E-state index in [1.54, 1.807) is 36.4 Å². The minimum Gasteiger partial charge on any atom is -0.508 e. The number of amides is 1. The first kappa shape index (κ1) is 20.4. The molecule has 2 aromatic rings. The second kappa shape index (κ2) is 8.79. The summed E-state index contributed by atoms with van der Waals surface area (Å²) in [6.07, 6.45) is 0. The molecule has 29 heavy (non-hydrogen) atoms. The lowest BCUT2D eigenvalue weighted by Gasteiger charge is -2.25. The van der Waals surface area contributed by atoms with Gasteiger partial charge in [-0.25, -0.2) is 0 Å². The summed E-state index contributed by atoms with van der Waals surface area (Å²) < 4.78 is 10.5. The summed E-state index contributed by atoms with van der Waals surface area (Å²) in [6.45, 7) is 2.77. The number of methoxy groups -OCH3 is 1. The summed E-state index contributed by atoms with van der Waals surface area (Å²) in [5, 5.41) is 20.8. The minimum absolute atomic E-state index is 0.000830. The van der Waals surface area contributed by atoms with Gasteiger partial charge in [-0.3, -0.25) is 9.59 Å². The van der Waals surface area contributed by atoms with Crippen LogP contribution in [0.1, 0.15) is 24.1 Å². The number of ketones is 1. The molecule has 0 saturated carbocycles. The number of benzene rings is 2. The number of Topliss-reactive ketones (excluding diaryl/α,β-unsaturated/α-hetero) is 1. The average molecular weight is 397 g/mol. The first-order chi connectivity index (χ1) is 14.0. The van der Waals surface area contributed by atoms with E-state index in [-0.39, 0.29) is 30.2 Å². The van der Waals surface area contributed by atoms with Crippen molar-refractivity contribution in [2.75, 3.05) is 26.9 Å². The monoisotopic (exact) mass is 397 g/mol. The van der Waals surface area contributed by atoms with E-state index in [0.717, 1.165) is 0 Å². The summed E-state index contributed by atoms with van der Waals surface area (Å²) >= 11 is 0. The molecule has 7 nitrogen and oxygen atoms in total. The van der Waals surface area contributed by atoms with E-state index in [1.807, 2.05) is 6.92 Å². The summed E-state index contributed by atoms with van der Waals surface area (Å²) in [4.78, 5) is 26.8. The Morgan fingerprint density at radius 2 is 1.86 bits per heavy atom. The van der Waals surface area contributed by atoms with Crippen molar-refractivity contribution in [2.24, 2.45) is 0 Å². The van der Waals surface area contributed by atoms with Gasteiger partial charge in [0.25, 0.3) is 11.7 Å². The van der Waals surface area contributed by atoms with Crippen LogP contribution >= 0.6 is 0 Å². The molecule has 1 aliphatic heterocycles. The third kappa shape index (κ3) is 4.09. The molecule has 0 unspecified atom stereocenters. The van der Waals surface area contributed by atoms with Crippen molar-refractivity contribution in [1.82, 2.24) is 4.90 Å². The van der Waals surface area contributed by atoms with Crippen LogP contribution in [0.3, 0.4) is 0 Å². The van der Waals surface area contributed by atoms with Gasteiger partial charge in [0.15, 0.2) is 0 Å². The van der Waals surface area contributed by atoms with E-state index in [4.69, 9.17) is 9.47 Å². The van der Waals surface area contributed by atoms with Gasteiger partial charge < -0.3 is 24.6 Å². The molecule has 0 radical (unpaired) electrons. The van der Waals surface area contributed by atoms with Crippen LogP contribution in [0.2, 0.25) is 0 Å². The zero-order valence-corrected chi connectivity index (χ0v) is 16.3. The second-order valence-corrected chi connectivity index (χ2v) is 6.54. The van der Waals surface area contributed by atoms with Gasteiger partial charge in [0.1, 0.15) is 17.3 Å². The molecule has 0 aromatic heterocycles.